The summed E-state index contributed by atoms with van der Waals surface area (Å²) in [5.41, 5.74) is 0. The van der Waals surface area contributed by atoms with Gasteiger partial charge in [0.25, 0.3) is 0 Å². The Morgan fingerprint density at radius 2 is 2.25 bits per heavy atom. The smallest absolute Gasteiger partial charge is 0.319 e. The number of hydrogen-bond donors (Lipinski definition) is 2. The number of guanidine groups is 1. The molecule has 0 saturated heterocycles. The molecule has 8 heteroatoms. The topological polar surface area (TPSA) is 63.5 Å². The number of nitrogens with zero attached hydrogens (tertiary/aromatic N) is 3. The molecular formula is C12H21F2N5O. The SMILES string of the molecule is CCNC(=NCc1nccn1C(F)F)NCCOCC. The van der Waals surface area contributed by atoms with Crippen LogP contribution in [0.1, 0.15) is 26.2 Å². The zero-order valence-corrected chi connectivity index (χ0v) is 11.8. The molecule has 20 heavy (non-hydrogen) atoms. The molecule has 0 radical (unpaired) electrons. The normalized spacial score (nSPS) is 11.9. The third-order valence-corrected chi connectivity index (χ3v) is 2.42. The van der Waals surface area contributed by atoms with Gasteiger partial charge in [0.15, 0.2) is 5.96 Å². The number of aromatic nitrogens is 2. The number of nitrogens with one attached hydrogen (secondary N) is 2. The Balaban J connectivity index is 2.55. The van der Waals surface area contributed by atoms with E-state index >= 15 is 0 Å². The average molecular weight is 289 g/mol. The van der Waals surface area contributed by atoms with Crippen molar-refractivity contribution in [2.24, 2.45) is 4.99 Å². The van der Waals surface area contributed by atoms with Crippen molar-refractivity contribution in [3.05, 3.63) is 18.2 Å². The Morgan fingerprint density at radius 1 is 1.45 bits per heavy atom. The highest BCUT2D eigenvalue weighted by molar-refractivity contribution is 5.79. The first-order valence-electron chi connectivity index (χ1n) is 6.58. The van der Waals surface area contributed by atoms with Crippen LogP contribution < -0.4 is 10.6 Å². The highest BCUT2D eigenvalue weighted by Crippen LogP contribution is 2.12. The summed E-state index contributed by atoms with van der Waals surface area (Å²) in [6.07, 6.45) is 2.58. The summed E-state index contributed by atoms with van der Waals surface area (Å²) in [5, 5.41) is 6.09. The van der Waals surface area contributed by atoms with Crippen LogP contribution in [0, 0.1) is 0 Å². The van der Waals surface area contributed by atoms with Crippen LogP contribution in [-0.2, 0) is 11.3 Å². The molecule has 0 aliphatic carbocycles. The number of aliphatic imine (C=N–C) groups is 1. The largest absolute Gasteiger partial charge is 0.380 e. The summed E-state index contributed by atoms with van der Waals surface area (Å²) in [5.74, 6) is 0.776. The summed E-state index contributed by atoms with van der Waals surface area (Å²) >= 11 is 0. The molecule has 0 aliphatic heterocycles. The first-order chi connectivity index (χ1) is 9.69. The van der Waals surface area contributed by atoms with Gasteiger partial charge in [0.05, 0.1) is 6.61 Å². The maximum atomic E-state index is 12.6. The zero-order valence-electron chi connectivity index (χ0n) is 11.8. The van der Waals surface area contributed by atoms with E-state index < -0.39 is 6.55 Å². The molecule has 0 aliphatic rings. The molecule has 1 aromatic rings. The highest BCUT2D eigenvalue weighted by atomic mass is 19.3. The van der Waals surface area contributed by atoms with Gasteiger partial charge in [0.1, 0.15) is 12.4 Å². The minimum atomic E-state index is -2.60. The third-order valence-electron chi connectivity index (χ3n) is 2.42. The van der Waals surface area contributed by atoms with Crippen LogP contribution in [0.3, 0.4) is 0 Å². The van der Waals surface area contributed by atoms with Gasteiger partial charge in [-0.25, -0.2) is 9.98 Å². The molecule has 0 unspecified atom stereocenters. The van der Waals surface area contributed by atoms with Crippen LogP contribution in [0.15, 0.2) is 17.4 Å². The molecule has 0 saturated carbocycles. The summed E-state index contributed by atoms with van der Waals surface area (Å²) in [6.45, 7) is 3.83. The van der Waals surface area contributed by atoms with E-state index in [9.17, 15) is 8.78 Å². The van der Waals surface area contributed by atoms with Gasteiger partial charge in [-0.3, -0.25) is 4.57 Å². The number of imidazole rings is 1. The van der Waals surface area contributed by atoms with Gasteiger partial charge < -0.3 is 15.4 Å². The number of halogens is 2. The maximum absolute atomic E-state index is 12.6. The second kappa shape index (κ2) is 9.24. The lowest BCUT2D eigenvalue weighted by atomic mass is 10.6. The summed E-state index contributed by atoms with van der Waals surface area (Å²) in [6, 6.07) is 0. The monoisotopic (exact) mass is 289 g/mol. The van der Waals surface area contributed by atoms with Crippen molar-refractivity contribution in [3.63, 3.8) is 0 Å². The van der Waals surface area contributed by atoms with Gasteiger partial charge in [-0.2, -0.15) is 8.78 Å². The van der Waals surface area contributed by atoms with Crippen LogP contribution in [0.25, 0.3) is 0 Å². The quantitative estimate of drug-likeness (QED) is 0.431. The van der Waals surface area contributed by atoms with E-state index in [-0.39, 0.29) is 12.4 Å². The van der Waals surface area contributed by atoms with Gasteiger partial charge in [-0.05, 0) is 13.8 Å². The fourth-order valence-electron chi connectivity index (χ4n) is 1.52. The van der Waals surface area contributed by atoms with Crippen LogP contribution in [0.5, 0.6) is 0 Å². The van der Waals surface area contributed by atoms with E-state index in [2.05, 4.69) is 20.6 Å². The van der Waals surface area contributed by atoms with Crippen LogP contribution >= 0.6 is 0 Å². The van der Waals surface area contributed by atoms with E-state index in [0.717, 1.165) is 4.57 Å². The molecule has 0 bridgehead atoms. The first kappa shape index (κ1) is 16.4. The summed E-state index contributed by atoms with van der Waals surface area (Å²) in [4.78, 5) is 8.09. The molecule has 0 spiro atoms. The molecule has 1 rings (SSSR count). The molecule has 6 nitrogen and oxygen atoms in total. The van der Waals surface area contributed by atoms with E-state index in [4.69, 9.17) is 4.74 Å². The summed E-state index contributed by atoms with van der Waals surface area (Å²) in [7, 11) is 0. The van der Waals surface area contributed by atoms with Crippen molar-refractivity contribution >= 4 is 5.96 Å². The lowest BCUT2D eigenvalue weighted by Gasteiger charge is -2.11. The zero-order chi connectivity index (χ0) is 14.8. The Morgan fingerprint density at radius 3 is 2.90 bits per heavy atom. The predicted octanol–water partition coefficient (Wildman–Crippen LogP) is 1.37. The second-order valence-corrected chi connectivity index (χ2v) is 3.85. The van der Waals surface area contributed by atoms with Gasteiger partial charge in [0.2, 0.25) is 0 Å². The Kier molecular flexibility index (Phi) is 7.56. The standard InChI is InChI=1S/C12H21F2N5O/c1-3-15-12(17-6-8-20-4-2)18-9-10-16-5-7-19(10)11(13)14/h5,7,11H,3-4,6,8-9H2,1-2H3,(H2,15,17,18). The number of rotatable bonds is 8. The fourth-order valence-corrected chi connectivity index (χ4v) is 1.52. The van der Waals surface area contributed by atoms with E-state index in [1.807, 2.05) is 13.8 Å². The Labute approximate surface area is 117 Å². The van der Waals surface area contributed by atoms with Gasteiger partial charge in [0, 0.05) is 32.1 Å². The van der Waals surface area contributed by atoms with Crippen molar-refractivity contribution in [3.8, 4) is 0 Å². The summed E-state index contributed by atoms with van der Waals surface area (Å²) < 4.78 is 31.3. The van der Waals surface area contributed by atoms with Crippen molar-refractivity contribution in [1.82, 2.24) is 20.2 Å². The molecule has 0 aromatic carbocycles. The van der Waals surface area contributed by atoms with Crippen LogP contribution in [-0.4, -0.2) is 41.8 Å². The molecule has 0 fully saturated rings. The van der Waals surface area contributed by atoms with Crippen LogP contribution in [0.4, 0.5) is 8.78 Å². The molecule has 2 N–H and O–H groups in total. The lowest BCUT2D eigenvalue weighted by Crippen LogP contribution is -2.39. The number of hydrogen-bond acceptors (Lipinski definition) is 3. The van der Waals surface area contributed by atoms with Crippen LogP contribution in [0.2, 0.25) is 0 Å². The average Bonchev–Trinajstić information content (AvgIpc) is 2.89. The third kappa shape index (κ3) is 5.52. The predicted molar refractivity (Wildman–Crippen MR) is 72.8 cm³/mol. The van der Waals surface area contributed by atoms with Gasteiger partial charge in [-0.15, -0.1) is 0 Å². The second-order valence-electron chi connectivity index (χ2n) is 3.85. The van der Waals surface area contributed by atoms with Gasteiger partial charge in [-0.1, -0.05) is 0 Å². The highest BCUT2D eigenvalue weighted by Gasteiger charge is 2.10. The van der Waals surface area contributed by atoms with E-state index in [1.165, 1.54) is 12.4 Å². The van der Waals surface area contributed by atoms with Crippen molar-refractivity contribution < 1.29 is 13.5 Å². The molecular weight excluding hydrogens is 268 g/mol. The van der Waals surface area contributed by atoms with E-state index in [0.29, 0.717) is 32.3 Å². The fraction of sp³-hybridized carbons (Fsp3) is 0.667. The van der Waals surface area contributed by atoms with E-state index in [1.54, 1.807) is 0 Å². The Bertz CT molecular complexity index is 408. The number of alkyl halides is 2. The first-order valence-corrected chi connectivity index (χ1v) is 6.58. The molecule has 0 atom stereocenters. The van der Waals surface area contributed by atoms with Crippen molar-refractivity contribution in [2.45, 2.75) is 26.9 Å². The number of ether oxygens (including phenoxy) is 1. The van der Waals surface area contributed by atoms with Crippen molar-refractivity contribution in [2.75, 3.05) is 26.3 Å². The minimum absolute atomic E-state index is 0.0846. The molecule has 0 amide bonds. The maximum Gasteiger partial charge on any atom is 0.319 e. The van der Waals surface area contributed by atoms with Crippen molar-refractivity contribution in [1.29, 1.82) is 0 Å². The van der Waals surface area contributed by atoms with Gasteiger partial charge >= 0.3 is 6.55 Å². The molecule has 114 valence electrons. The molecule has 1 heterocycles. The Hall–Kier alpha value is -1.70. The lowest BCUT2D eigenvalue weighted by molar-refractivity contribution is 0.0671. The molecule has 1 aromatic heterocycles. The minimum Gasteiger partial charge on any atom is -0.380 e.